The fourth-order valence-corrected chi connectivity index (χ4v) is 3.66. The molecule has 0 atom stereocenters. The third-order valence-corrected chi connectivity index (χ3v) is 5.58. The summed E-state index contributed by atoms with van der Waals surface area (Å²) in [5, 5.41) is 3.18. The van der Waals surface area contributed by atoms with Crippen LogP contribution in [-0.4, -0.2) is 28.4 Å². The summed E-state index contributed by atoms with van der Waals surface area (Å²) in [6.07, 6.45) is 1.43. The molecule has 0 aliphatic heterocycles. The minimum atomic E-state index is -0.427. The zero-order chi connectivity index (χ0) is 24.2. The highest BCUT2D eigenvalue weighted by molar-refractivity contribution is 6.10. The summed E-state index contributed by atoms with van der Waals surface area (Å²) in [4.78, 5) is 43.6. The average Bonchev–Trinajstić information content (AvgIpc) is 2.85. The molecule has 2 heterocycles. The molecule has 1 N–H and O–H groups in total. The van der Waals surface area contributed by atoms with E-state index in [1.165, 1.54) is 13.3 Å². The number of carbonyl (C=O) groups excluding carboxylic acids is 2. The minimum absolute atomic E-state index is 0.0188. The molecular weight excluding hydrogens is 430 g/mol. The topological polar surface area (TPSA) is 90.3 Å². The van der Waals surface area contributed by atoms with Crippen LogP contribution in [0.5, 0.6) is 5.75 Å². The van der Waals surface area contributed by atoms with Crippen molar-refractivity contribution in [3.63, 3.8) is 0 Å². The van der Waals surface area contributed by atoms with Gasteiger partial charge in [-0.3, -0.25) is 14.4 Å². The first-order valence-corrected chi connectivity index (χ1v) is 10.9. The Kier molecular flexibility index (Phi) is 6.54. The van der Waals surface area contributed by atoms with E-state index in [0.29, 0.717) is 29.2 Å². The number of ketones is 1. The molecule has 0 bridgehead atoms. The molecule has 1 amide bonds. The van der Waals surface area contributed by atoms with Crippen LogP contribution in [0.4, 0.5) is 0 Å². The van der Waals surface area contributed by atoms with Crippen molar-refractivity contribution in [2.75, 3.05) is 7.11 Å². The highest BCUT2D eigenvalue weighted by atomic mass is 16.5. The van der Waals surface area contributed by atoms with Gasteiger partial charge in [-0.15, -0.1) is 0 Å². The lowest BCUT2D eigenvalue weighted by Gasteiger charge is -2.13. The summed E-state index contributed by atoms with van der Waals surface area (Å²) in [6, 6.07) is 17.8. The first-order chi connectivity index (χ1) is 16.4. The van der Waals surface area contributed by atoms with E-state index >= 15 is 0 Å². The lowest BCUT2D eigenvalue weighted by molar-refractivity contribution is -0.121. The van der Waals surface area contributed by atoms with Crippen LogP contribution in [0, 0.1) is 13.8 Å². The lowest BCUT2D eigenvalue weighted by atomic mass is 10.0. The molecule has 0 aliphatic rings. The molecule has 0 spiro atoms. The molecule has 0 radical (unpaired) electrons. The van der Waals surface area contributed by atoms with Crippen molar-refractivity contribution in [3.05, 3.63) is 105 Å². The number of fused-ring (bicyclic) bond motifs is 1. The average molecular weight is 456 g/mol. The predicted molar refractivity (Wildman–Crippen MR) is 130 cm³/mol. The van der Waals surface area contributed by atoms with Crippen LogP contribution in [0.15, 0.2) is 71.7 Å². The first-order valence-electron chi connectivity index (χ1n) is 10.9. The molecule has 172 valence electrons. The van der Waals surface area contributed by atoms with Crippen LogP contribution in [-0.2, 0) is 17.9 Å². The van der Waals surface area contributed by atoms with E-state index in [1.54, 1.807) is 41.0 Å². The standard InChI is InChI=1S/C27H25N3O4/c1-17-4-7-19(8-5-17)14-28-24(31)16-30-15-23(25(32)20-9-11-21(34-3)12-10-20)26(33)22-13-6-18(2)29-27(22)30/h4-13,15H,14,16H2,1-3H3,(H,28,31). The molecule has 7 nitrogen and oxygen atoms in total. The Balaban J connectivity index is 1.67. The Morgan fingerprint density at radius 3 is 2.35 bits per heavy atom. The number of carbonyl (C=O) groups is 2. The molecule has 34 heavy (non-hydrogen) atoms. The normalized spacial score (nSPS) is 10.8. The van der Waals surface area contributed by atoms with Gasteiger partial charge in [-0.05, 0) is 55.8 Å². The van der Waals surface area contributed by atoms with Gasteiger partial charge in [0.05, 0.1) is 18.1 Å². The van der Waals surface area contributed by atoms with Gasteiger partial charge < -0.3 is 14.6 Å². The number of ether oxygens (including phenoxy) is 1. The number of hydrogen-bond acceptors (Lipinski definition) is 5. The van der Waals surface area contributed by atoms with Gasteiger partial charge in [-0.25, -0.2) is 4.98 Å². The second-order valence-corrected chi connectivity index (χ2v) is 8.14. The van der Waals surface area contributed by atoms with Gasteiger partial charge >= 0.3 is 0 Å². The first kappa shape index (κ1) is 22.9. The highest BCUT2D eigenvalue weighted by Gasteiger charge is 2.19. The van der Waals surface area contributed by atoms with Crippen LogP contribution in [0.2, 0.25) is 0 Å². The number of hydrogen-bond donors (Lipinski definition) is 1. The number of benzene rings is 2. The number of amides is 1. The molecule has 4 aromatic rings. The Morgan fingerprint density at radius 2 is 1.68 bits per heavy atom. The molecule has 0 unspecified atom stereocenters. The fraction of sp³-hybridized carbons (Fsp3) is 0.185. The molecule has 2 aromatic carbocycles. The van der Waals surface area contributed by atoms with Gasteiger partial charge in [0.2, 0.25) is 11.3 Å². The monoisotopic (exact) mass is 455 g/mol. The van der Waals surface area contributed by atoms with Crippen molar-refractivity contribution in [3.8, 4) is 5.75 Å². The summed E-state index contributed by atoms with van der Waals surface area (Å²) in [5.74, 6) is -0.0713. The van der Waals surface area contributed by atoms with Crippen molar-refractivity contribution >= 4 is 22.7 Å². The molecule has 0 saturated heterocycles. The third kappa shape index (κ3) is 4.88. The van der Waals surface area contributed by atoms with Crippen molar-refractivity contribution < 1.29 is 14.3 Å². The SMILES string of the molecule is COc1ccc(C(=O)c2cn(CC(=O)NCc3ccc(C)cc3)c3nc(C)ccc3c2=O)cc1. The van der Waals surface area contributed by atoms with Gasteiger partial charge in [0.15, 0.2) is 5.78 Å². The molecule has 2 aromatic heterocycles. The van der Waals surface area contributed by atoms with Gasteiger partial charge in [0.25, 0.3) is 0 Å². The van der Waals surface area contributed by atoms with E-state index in [-0.39, 0.29) is 23.4 Å². The Hall–Kier alpha value is -4.26. The van der Waals surface area contributed by atoms with Crippen LogP contribution in [0.3, 0.4) is 0 Å². The second-order valence-electron chi connectivity index (χ2n) is 8.14. The van der Waals surface area contributed by atoms with Crippen LogP contribution < -0.4 is 15.5 Å². The van der Waals surface area contributed by atoms with Gasteiger partial charge in [-0.2, -0.15) is 0 Å². The maximum atomic E-state index is 13.2. The van der Waals surface area contributed by atoms with E-state index < -0.39 is 11.2 Å². The number of nitrogens with one attached hydrogen (secondary N) is 1. The third-order valence-electron chi connectivity index (χ3n) is 5.58. The summed E-state index contributed by atoms with van der Waals surface area (Å²) < 4.78 is 6.70. The number of aromatic nitrogens is 2. The van der Waals surface area contributed by atoms with Crippen molar-refractivity contribution in [1.29, 1.82) is 0 Å². The van der Waals surface area contributed by atoms with E-state index in [1.807, 2.05) is 38.1 Å². The highest BCUT2D eigenvalue weighted by Crippen LogP contribution is 2.17. The Morgan fingerprint density at radius 1 is 0.971 bits per heavy atom. The second kappa shape index (κ2) is 9.70. The van der Waals surface area contributed by atoms with E-state index in [0.717, 1.165) is 11.1 Å². The zero-order valence-electron chi connectivity index (χ0n) is 19.3. The van der Waals surface area contributed by atoms with Gasteiger partial charge in [0, 0.05) is 24.0 Å². The van der Waals surface area contributed by atoms with Crippen LogP contribution >= 0.6 is 0 Å². The largest absolute Gasteiger partial charge is 0.497 e. The molecule has 4 rings (SSSR count). The molecule has 0 aliphatic carbocycles. The minimum Gasteiger partial charge on any atom is -0.497 e. The molecule has 0 saturated carbocycles. The molecular formula is C27H25N3O4. The van der Waals surface area contributed by atoms with Crippen molar-refractivity contribution in [1.82, 2.24) is 14.9 Å². The van der Waals surface area contributed by atoms with Crippen LogP contribution in [0.1, 0.15) is 32.7 Å². The number of pyridine rings is 2. The fourth-order valence-electron chi connectivity index (χ4n) is 3.66. The maximum absolute atomic E-state index is 13.2. The van der Waals surface area contributed by atoms with E-state index in [2.05, 4.69) is 10.3 Å². The van der Waals surface area contributed by atoms with E-state index in [9.17, 15) is 14.4 Å². The van der Waals surface area contributed by atoms with Crippen molar-refractivity contribution in [2.45, 2.75) is 26.9 Å². The lowest BCUT2D eigenvalue weighted by Crippen LogP contribution is -2.29. The quantitative estimate of drug-likeness (QED) is 0.430. The predicted octanol–water partition coefficient (Wildman–Crippen LogP) is 3.57. The number of nitrogens with zero attached hydrogens (tertiary/aromatic N) is 2. The molecule has 7 heteroatoms. The zero-order valence-corrected chi connectivity index (χ0v) is 19.3. The number of methoxy groups -OCH3 is 1. The smallest absolute Gasteiger partial charge is 0.240 e. The Bertz CT molecular complexity index is 1420. The van der Waals surface area contributed by atoms with Crippen LogP contribution in [0.25, 0.3) is 11.0 Å². The number of aryl methyl sites for hydroxylation is 2. The maximum Gasteiger partial charge on any atom is 0.240 e. The summed E-state index contributed by atoms with van der Waals surface area (Å²) in [5.41, 5.74) is 3.11. The summed E-state index contributed by atoms with van der Waals surface area (Å²) >= 11 is 0. The Labute approximate surface area is 197 Å². The molecule has 0 fully saturated rings. The number of rotatable bonds is 7. The van der Waals surface area contributed by atoms with E-state index in [4.69, 9.17) is 4.74 Å². The van der Waals surface area contributed by atoms with Gasteiger partial charge in [0.1, 0.15) is 17.9 Å². The van der Waals surface area contributed by atoms with Gasteiger partial charge in [-0.1, -0.05) is 29.8 Å². The summed E-state index contributed by atoms with van der Waals surface area (Å²) in [6.45, 7) is 4.11. The van der Waals surface area contributed by atoms with Crippen molar-refractivity contribution in [2.24, 2.45) is 0 Å². The summed E-state index contributed by atoms with van der Waals surface area (Å²) in [7, 11) is 1.54.